The van der Waals surface area contributed by atoms with Crippen LogP contribution < -0.4 is 5.32 Å². The summed E-state index contributed by atoms with van der Waals surface area (Å²) in [5, 5.41) is 3.54. The Morgan fingerprint density at radius 3 is 2.50 bits per heavy atom. The van der Waals surface area contributed by atoms with E-state index in [4.69, 9.17) is 0 Å². The zero-order valence-corrected chi connectivity index (χ0v) is 14.2. The molecule has 1 atom stereocenters. The molecule has 3 nitrogen and oxygen atoms in total. The summed E-state index contributed by atoms with van der Waals surface area (Å²) in [5.74, 6) is 0.0734. The van der Waals surface area contributed by atoms with Gasteiger partial charge in [0.15, 0.2) is 0 Å². The molecule has 1 aliphatic rings. The van der Waals surface area contributed by atoms with E-state index in [1.807, 2.05) is 47.4 Å². The van der Waals surface area contributed by atoms with Gasteiger partial charge in [0.1, 0.15) is 6.17 Å². The molecule has 0 fully saturated rings. The Bertz CT molecular complexity index is 872. The van der Waals surface area contributed by atoms with Gasteiger partial charge >= 0.3 is 0 Å². The molecular weight excluding hydrogens is 316 g/mol. The second-order valence-electron chi connectivity index (χ2n) is 5.96. The first-order chi connectivity index (χ1) is 11.7. The van der Waals surface area contributed by atoms with Crippen LogP contribution in [0.4, 0.5) is 5.69 Å². The van der Waals surface area contributed by atoms with Crippen LogP contribution in [0.5, 0.6) is 0 Å². The SMILES string of the molecule is Cc1ccc([C@@H]2Nc3ccccc3C(=O)N2Cc2ccccc2)s1. The molecule has 120 valence electrons. The number of benzene rings is 2. The lowest BCUT2D eigenvalue weighted by Gasteiger charge is -2.37. The van der Waals surface area contributed by atoms with Crippen molar-refractivity contribution >= 4 is 22.9 Å². The van der Waals surface area contributed by atoms with Crippen molar-refractivity contribution in [2.75, 3.05) is 5.32 Å². The highest BCUT2D eigenvalue weighted by molar-refractivity contribution is 7.12. The Balaban J connectivity index is 1.75. The molecule has 0 saturated heterocycles. The second kappa shape index (κ2) is 6.13. The Labute approximate surface area is 145 Å². The van der Waals surface area contributed by atoms with Crippen LogP contribution in [0.3, 0.4) is 0 Å². The van der Waals surface area contributed by atoms with Gasteiger partial charge in [-0.3, -0.25) is 4.79 Å². The first kappa shape index (κ1) is 15.0. The van der Waals surface area contributed by atoms with Crippen LogP contribution >= 0.6 is 11.3 Å². The zero-order chi connectivity index (χ0) is 16.5. The molecule has 24 heavy (non-hydrogen) atoms. The molecule has 2 aromatic carbocycles. The van der Waals surface area contributed by atoms with Gasteiger partial charge in [-0.25, -0.2) is 0 Å². The van der Waals surface area contributed by atoms with Crippen LogP contribution in [0.2, 0.25) is 0 Å². The minimum Gasteiger partial charge on any atom is -0.360 e. The van der Waals surface area contributed by atoms with Crippen molar-refractivity contribution in [1.29, 1.82) is 0 Å². The van der Waals surface area contributed by atoms with Crippen LogP contribution in [0.1, 0.15) is 31.8 Å². The van der Waals surface area contributed by atoms with E-state index in [0.29, 0.717) is 6.54 Å². The van der Waals surface area contributed by atoms with Crippen molar-refractivity contribution in [3.8, 4) is 0 Å². The molecule has 4 rings (SSSR count). The quantitative estimate of drug-likeness (QED) is 0.744. The second-order valence-corrected chi connectivity index (χ2v) is 7.28. The van der Waals surface area contributed by atoms with Gasteiger partial charge in [-0.1, -0.05) is 42.5 Å². The fraction of sp³-hybridized carbons (Fsp3) is 0.150. The zero-order valence-electron chi connectivity index (χ0n) is 13.4. The minimum atomic E-state index is -0.133. The number of amides is 1. The summed E-state index contributed by atoms with van der Waals surface area (Å²) in [7, 11) is 0. The van der Waals surface area contributed by atoms with E-state index in [2.05, 4.69) is 36.5 Å². The van der Waals surface area contributed by atoms with Crippen LogP contribution in [0.25, 0.3) is 0 Å². The van der Waals surface area contributed by atoms with Crippen molar-refractivity contribution in [2.24, 2.45) is 0 Å². The summed E-state index contributed by atoms with van der Waals surface area (Å²) in [6, 6.07) is 22.1. The predicted octanol–water partition coefficient (Wildman–Crippen LogP) is 4.82. The lowest BCUT2D eigenvalue weighted by atomic mass is 10.1. The molecule has 0 spiro atoms. The van der Waals surface area contributed by atoms with E-state index in [9.17, 15) is 4.79 Å². The van der Waals surface area contributed by atoms with Crippen molar-refractivity contribution < 1.29 is 4.79 Å². The number of anilines is 1. The van der Waals surface area contributed by atoms with E-state index in [1.165, 1.54) is 4.88 Å². The van der Waals surface area contributed by atoms with Gasteiger partial charge < -0.3 is 10.2 Å². The van der Waals surface area contributed by atoms with Crippen LogP contribution in [0, 0.1) is 6.92 Å². The summed E-state index contributed by atoms with van der Waals surface area (Å²) in [6.07, 6.45) is -0.133. The topological polar surface area (TPSA) is 32.3 Å². The number of fused-ring (bicyclic) bond motifs is 1. The third-order valence-electron chi connectivity index (χ3n) is 4.25. The van der Waals surface area contributed by atoms with Crippen molar-refractivity contribution in [3.63, 3.8) is 0 Å². The first-order valence-electron chi connectivity index (χ1n) is 7.99. The van der Waals surface area contributed by atoms with Gasteiger partial charge in [-0.15, -0.1) is 11.3 Å². The third-order valence-corrected chi connectivity index (χ3v) is 5.30. The van der Waals surface area contributed by atoms with Crippen molar-refractivity contribution in [1.82, 2.24) is 4.90 Å². The predicted molar refractivity (Wildman–Crippen MR) is 98.2 cm³/mol. The number of aryl methyl sites for hydroxylation is 1. The number of para-hydroxylation sites is 1. The Kier molecular flexibility index (Phi) is 3.82. The average molecular weight is 334 g/mol. The molecule has 1 amide bonds. The molecule has 0 saturated carbocycles. The third kappa shape index (κ3) is 2.69. The fourth-order valence-corrected chi connectivity index (χ4v) is 4.00. The monoisotopic (exact) mass is 334 g/mol. The lowest BCUT2D eigenvalue weighted by molar-refractivity contribution is 0.0669. The van der Waals surface area contributed by atoms with Gasteiger partial charge in [-0.2, -0.15) is 0 Å². The number of rotatable bonds is 3. The average Bonchev–Trinajstić information content (AvgIpc) is 3.04. The number of nitrogens with zero attached hydrogens (tertiary/aromatic N) is 1. The molecule has 2 heterocycles. The van der Waals surface area contributed by atoms with Gasteiger partial charge in [0.05, 0.1) is 5.56 Å². The van der Waals surface area contributed by atoms with E-state index in [0.717, 1.165) is 21.7 Å². The van der Waals surface area contributed by atoms with E-state index in [1.54, 1.807) is 11.3 Å². The number of hydrogen-bond acceptors (Lipinski definition) is 3. The van der Waals surface area contributed by atoms with Crippen molar-refractivity contribution in [2.45, 2.75) is 19.6 Å². The largest absolute Gasteiger partial charge is 0.360 e. The maximum atomic E-state index is 13.1. The van der Waals surface area contributed by atoms with Crippen LogP contribution in [0.15, 0.2) is 66.7 Å². The highest BCUT2D eigenvalue weighted by Crippen LogP contribution is 2.36. The number of nitrogens with one attached hydrogen (secondary N) is 1. The van der Waals surface area contributed by atoms with Crippen LogP contribution in [-0.4, -0.2) is 10.8 Å². The Morgan fingerprint density at radius 1 is 1.00 bits per heavy atom. The maximum Gasteiger partial charge on any atom is 0.258 e. The number of carbonyl (C=O) groups is 1. The maximum absolute atomic E-state index is 13.1. The molecule has 0 aliphatic carbocycles. The highest BCUT2D eigenvalue weighted by atomic mass is 32.1. The standard InChI is InChI=1S/C20H18N2OS/c1-14-11-12-18(24-14)19-21-17-10-6-5-9-16(17)20(23)22(19)13-15-7-3-2-4-8-15/h2-12,19,21H,13H2,1H3/t19-/m1/s1. The highest BCUT2D eigenvalue weighted by Gasteiger charge is 2.33. The number of thiophene rings is 1. The number of carbonyl (C=O) groups excluding carboxylic acids is 1. The van der Waals surface area contributed by atoms with Gasteiger partial charge in [0.2, 0.25) is 0 Å². The fourth-order valence-electron chi connectivity index (χ4n) is 3.06. The van der Waals surface area contributed by atoms with Crippen LogP contribution in [-0.2, 0) is 6.54 Å². The molecule has 1 aromatic heterocycles. The summed E-state index contributed by atoms with van der Waals surface area (Å²) in [4.78, 5) is 17.4. The molecule has 0 radical (unpaired) electrons. The van der Waals surface area contributed by atoms with Gasteiger partial charge in [-0.05, 0) is 36.8 Å². The minimum absolute atomic E-state index is 0.0734. The molecule has 3 aromatic rings. The summed E-state index contributed by atoms with van der Waals surface area (Å²) in [6.45, 7) is 2.68. The van der Waals surface area contributed by atoms with Gasteiger partial charge in [0.25, 0.3) is 5.91 Å². The molecule has 1 N–H and O–H groups in total. The van der Waals surface area contributed by atoms with E-state index < -0.39 is 0 Å². The Morgan fingerprint density at radius 2 is 1.75 bits per heavy atom. The molecule has 0 unspecified atom stereocenters. The summed E-state index contributed by atoms with van der Waals surface area (Å²) >= 11 is 1.73. The first-order valence-corrected chi connectivity index (χ1v) is 8.81. The molecule has 4 heteroatoms. The molecule has 0 bridgehead atoms. The summed E-state index contributed by atoms with van der Waals surface area (Å²) in [5.41, 5.74) is 2.77. The number of hydrogen-bond donors (Lipinski definition) is 1. The van der Waals surface area contributed by atoms with Crippen molar-refractivity contribution in [3.05, 3.63) is 87.6 Å². The Hall–Kier alpha value is -2.59. The smallest absolute Gasteiger partial charge is 0.258 e. The van der Waals surface area contributed by atoms with E-state index in [-0.39, 0.29) is 12.1 Å². The van der Waals surface area contributed by atoms with Gasteiger partial charge in [0, 0.05) is 22.0 Å². The molecule has 1 aliphatic heterocycles. The molecular formula is C20H18N2OS. The van der Waals surface area contributed by atoms with E-state index >= 15 is 0 Å². The normalized spacial score (nSPS) is 16.6. The summed E-state index contributed by atoms with van der Waals surface area (Å²) < 4.78 is 0. The lowest BCUT2D eigenvalue weighted by Crippen LogP contribution is -2.42.